The smallest absolute Gasteiger partial charge is 0.305 e. The van der Waals surface area contributed by atoms with Gasteiger partial charge in [-0.15, -0.1) is 0 Å². The quantitative estimate of drug-likeness (QED) is 0.112. The molecule has 6 heteroatoms. The minimum Gasteiger partial charge on any atom is -0.493 e. The number of aromatic nitrogens is 1. The Kier molecular flexibility index (Phi) is 10.7. The monoisotopic (exact) mass is 555 g/mol. The van der Waals surface area contributed by atoms with Gasteiger partial charge in [0, 0.05) is 54.7 Å². The topological polar surface area (TPSA) is 66.8 Å². The molecule has 41 heavy (non-hydrogen) atoms. The fourth-order valence-electron chi connectivity index (χ4n) is 5.14. The molecule has 0 radical (unpaired) electrons. The molecule has 0 amide bonds. The van der Waals surface area contributed by atoms with E-state index in [9.17, 15) is 9.59 Å². The fourth-order valence-corrected chi connectivity index (χ4v) is 5.14. The van der Waals surface area contributed by atoms with Crippen molar-refractivity contribution >= 4 is 22.7 Å². The summed E-state index contributed by atoms with van der Waals surface area (Å²) in [6.07, 6.45) is 4.63. The van der Waals surface area contributed by atoms with Crippen LogP contribution in [0.1, 0.15) is 73.2 Å². The number of nitrogens with zero attached hydrogens (tertiary/aromatic N) is 1. The first-order chi connectivity index (χ1) is 19.9. The number of hydrogen-bond donors (Lipinski definition) is 0. The van der Waals surface area contributed by atoms with Crippen molar-refractivity contribution in [2.45, 2.75) is 59.1 Å². The van der Waals surface area contributed by atoms with Gasteiger partial charge in [-0.05, 0) is 67.1 Å². The lowest BCUT2D eigenvalue weighted by Gasteiger charge is -2.17. The Hall–Kier alpha value is -3.90. The van der Waals surface area contributed by atoms with E-state index in [2.05, 4.69) is 38.1 Å². The van der Waals surface area contributed by atoms with Gasteiger partial charge < -0.3 is 18.8 Å². The molecule has 1 unspecified atom stereocenters. The van der Waals surface area contributed by atoms with Crippen LogP contribution in [-0.4, -0.2) is 36.6 Å². The highest BCUT2D eigenvalue weighted by Gasteiger charge is 2.17. The second kappa shape index (κ2) is 14.6. The van der Waals surface area contributed by atoms with Gasteiger partial charge in [0.1, 0.15) is 5.75 Å². The SMILES string of the molecule is CCOC(=O)CCCn1cc(C(=O)c2ccc(OCCC(OC)c3ccc(CC(C)C)cc3)cc2)c2ccccc21. The lowest BCUT2D eigenvalue weighted by atomic mass is 9.99. The summed E-state index contributed by atoms with van der Waals surface area (Å²) >= 11 is 0. The number of carbonyl (C=O) groups is 2. The molecular formula is C35H41NO5. The van der Waals surface area contributed by atoms with Crippen molar-refractivity contribution in [1.29, 1.82) is 0 Å². The molecule has 0 bridgehead atoms. The first kappa shape index (κ1) is 30.1. The summed E-state index contributed by atoms with van der Waals surface area (Å²) in [5.74, 6) is 1.10. The van der Waals surface area contributed by atoms with Crippen molar-refractivity contribution in [2.24, 2.45) is 5.92 Å². The van der Waals surface area contributed by atoms with Crippen LogP contribution in [0.2, 0.25) is 0 Å². The molecule has 6 nitrogen and oxygen atoms in total. The zero-order chi connectivity index (χ0) is 29.2. The molecule has 0 aliphatic heterocycles. The van der Waals surface area contributed by atoms with E-state index in [1.54, 1.807) is 14.0 Å². The Labute approximate surface area is 243 Å². The Balaban J connectivity index is 1.36. The number of ketones is 1. The highest BCUT2D eigenvalue weighted by atomic mass is 16.5. The van der Waals surface area contributed by atoms with Crippen LogP contribution in [0.4, 0.5) is 0 Å². The van der Waals surface area contributed by atoms with Crippen LogP contribution in [0.25, 0.3) is 10.9 Å². The maximum Gasteiger partial charge on any atom is 0.305 e. The lowest BCUT2D eigenvalue weighted by Crippen LogP contribution is -2.08. The summed E-state index contributed by atoms with van der Waals surface area (Å²) in [6, 6.07) is 23.8. The lowest BCUT2D eigenvalue weighted by molar-refractivity contribution is -0.143. The van der Waals surface area contributed by atoms with Crippen LogP contribution in [0.15, 0.2) is 79.0 Å². The number of benzene rings is 3. The zero-order valence-corrected chi connectivity index (χ0v) is 24.6. The standard InChI is InChI=1S/C35H41NO5/c1-5-40-34(37)11-8-21-36-24-31(30-9-6-7-10-32(30)36)35(38)28-16-18-29(19-17-28)41-22-20-33(39-4)27-14-12-26(13-15-27)23-25(2)3/h6-7,9-10,12-19,24-25,33H,5,8,11,20-23H2,1-4H3. The van der Waals surface area contributed by atoms with Gasteiger partial charge in [-0.3, -0.25) is 9.59 Å². The molecule has 3 aromatic carbocycles. The maximum absolute atomic E-state index is 13.5. The number of para-hydroxylation sites is 1. The molecule has 0 saturated heterocycles. The van der Waals surface area contributed by atoms with Crippen LogP contribution in [-0.2, 0) is 27.2 Å². The normalized spacial score (nSPS) is 12.0. The molecule has 216 valence electrons. The second-order valence-electron chi connectivity index (χ2n) is 10.7. The van der Waals surface area contributed by atoms with Gasteiger partial charge in [-0.2, -0.15) is 0 Å². The number of esters is 1. The second-order valence-corrected chi connectivity index (χ2v) is 10.7. The van der Waals surface area contributed by atoms with Gasteiger partial charge in [-0.25, -0.2) is 0 Å². The largest absolute Gasteiger partial charge is 0.493 e. The Morgan fingerprint density at radius 2 is 1.66 bits per heavy atom. The first-order valence-electron chi connectivity index (χ1n) is 14.5. The molecule has 4 rings (SSSR count). The van der Waals surface area contributed by atoms with Crippen LogP contribution >= 0.6 is 0 Å². The third kappa shape index (κ3) is 8.08. The number of carbonyl (C=O) groups excluding carboxylic acids is 2. The number of methoxy groups -OCH3 is 1. The van der Waals surface area contributed by atoms with Crippen LogP contribution in [0.5, 0.6) is 5.75 Å². The van der Waals surface area contributed by atoms with Gasteiger partial charge in [0.25, 0.3) is 0 Å². The number of rotatable bonds is 15. The molecule has 0 saturated carbocycles. The molecule has 1 atom stereocenters. The highest BCUT2D eigenvalue weighted by molar-refractivity contribution is 6.16. The van der Waals surface area contributed by atoms with E-state index >= 15 is 0 Å². The predicted molar refractivity (Wildman–Crippen MR) is 163 cm³/mol. The minimum atomic E-state index is -0.198. The van der Waals surface area contributed by atoms with E-state index in [-0.39, 0.29) is 17.9 Å². The molecule has 4 aromatic rings. The maximum atomic E-state index is 13.5. The highest BCUT2D eigenvalue weighted by Crippen LogP contribution is 2.26. The summed E-state index contributed by atoms with van der Waals surface area (Å²) in [7, 11) is 1.73. The summed E-state index contributed by atoms with van der Waals surface area (Å²) < 4.78 is 18.8. The van der Waals surface area contributed by atoms with Crippen LogP contribution in [0, 0.1) is 5.92 Å². The number of hydrogen-bond acceptors (Lipinski definition) is 5. The van der Waals surface area contributed by atoms with Gasteiger partial charge in [0.2, 0.25) is 0 Å². The van der Waals surface area contributed by atoms with E-state index < -0.39 is 0 Å². The number of fused-ring (bicyclic) bond motifs is 1. The molecule has 0 fully saturated rings. The zero-order valence-electron chi connectivity index (χ0n) is 24.6. The molecule has 0 N–H and O–H groups in total. The third-order valence-electron chi connectivity index (χ3n) is 7.16. The Morgan fingerprint density at radius 1 is 0.927 bits per heavy atom. The number of aryl methyl sites for hydroxylation is 1. The van der Waals surface area contributed by atoms with E-state index in [4.69, 9.17) is 14.2 Å². The Bertz CT molecular complexity index is 1420. The summed E-state index contributed by atoms with van der Waals surface area (Å²) in [5, 5.41) is 0.900. The number of ether oxygens (including phenoxy) is 3. The van der Waals surface area contributed by atoms with Gasteiger partial charge in [0.15, 0.2) is 5.78 Å². The molecule has 0 spiro atoms. The van der Waals surface area contributed by atoms with Crippen molar-refractivity contribution in [3.63, 3.8) is 0 Å². The van der Waals surface area contributed by atoms with Crippen molar-refractivity contribution in [3.05, 3.63) is 101 Å². The predicted octanol–water partition coefficient (Wildman–Crippen LogP) is 7.57. The molecule has 0 aliphatic rings. The van der Waals surface area contributed by atoms with E-state index in [1.165, 1.54) is 5.56 Å². The van der Waals surface area contributed by atoms with Crippen molar-refractivity contribution in [2.75, 3.05) is 20.3 Å². The molecular weight excluding hydrogens is 514 g/mol. The Morgan fingerprint density at radius 3 is 2.34 bits per heavy atom. The van der Waals surface area contributed by atoms with Crippen molar-refractivity contribution < 1.29 is 23.8 Å². The van der Waals surface area contributed by atoms with Crippen molar-refractivity contribution in [3.8, 4) is 5.75 Å². The summed E-state index contributed by atoms with van der Waals surface area (Å²) in [5.41, 5.74) is 4.70. The molecule has 1 heterocycles. The van der Waals surface area contributed by atoms with Crippen LogP contribution < -0.4 is 4.74 Å². The molecule has 0 aliphatic carbocycles. The summed E-state index contributed by atoms with van der Waals surface area (Å²) in [6.45, 7) is 7.77. The summed E-state index contributed by atoms with van der Waals surface area (Å²) in [4.78, 5) is 25.2. The van der Waals surface area contributed by atoms with E-state index in [1.807, 2.05) is 59.3 Å². The average molecular weight is 556 g/mol. The van der Waals surface area contributed by atoms with Gasteiger partial charge in [0.05, 0.1) is 19.3 Å². The van der Waals surface area contributed by atoms with Crippen LogP contribution in [0.3, 0.4) is 0 Å². The van der Waals surface area contributed by atoms with E-state index in [0.717, 1.165) is 29.3 Å². The van der Waals surface area contributed by atoms with Gasteiger partial charge in [-0.1, -0.05) is 56.3 Å². The molecule has 1 aromatic heterocycles. The third-order valence-corrected chi connectivity index (χ3v) is 7.16. The van der Waals surface area contributed by atoms with Gasteiger partial charge >= 0.3 is 5.97 Å². The van der Waals surface area contributed by atoms with Crippen molar-refractivity contribution in [1.82, 2.24) is 4.57 Å². The van der Waals surface area contributed by atoms with E-state index in [0.29, 0.717) is 55.4 Å². The first-order valence-corrected chi connectivity index (χ1v) is 14.5. The fraction of sp³-hybridized carbons (Fsp3) is 0.371. The average Bonchev–Trinajstić information content (AvgIpc) is 3.34. The minimum absolute atomic E-state index is 0.0430.